The monoisotopic (exact) mass is 441 g/mol. The largest absolute Gasteiger partial charge is 0.329 e. The molecule has 2 aromatic heterocycles. The van der Waals surface area contributed by atoms with Gasteiger partial charge in [-0.2, -0.15) is 0 Å². The van der Waals surface area contributed by atoms with Crippen LogP contribution in [0.15, 0.2) is 71.8 Å². The van der Waals surface area contributed by atoms with Crippen LogP contribution in [0.4, 0.5) is 0 Å². The smallest absolute Gasteiger partial charge is 0.294 e. The van der Waals surface area contributed by atoms with E-state index in [9.17, 15) is 14.4 Å². The summed E-state index contributed by atoms with van der Waals surface area (Å²) < 4.78 is 3.43. The van der Waals surface area contributed by atoms with Crippen LogP contribution >= 0.6 is 0 Å². The first-order chi connectivity index (χ1) is 15.9. The van der Waals surface area contributed by atoms with Gasteiger partial charge in [0.15, 0.2) is 11.6 Å². The average molecular weight is 442 g/mol. The van der Waals surface area contributed by atoms with Gasteiger partial charge in [-0.1, -0.05) is 29.8 Å². The normalized spacial score (nSPS) is 12.1. The molecule has 1 unspecified atom stereocenters. The maximum absolute atomic E-state index is 13.6. The zero-order valence-corrected chi connectivity index (χ0v) is 19.1. The fraction of sp³-hybridized carbons (Fsp3) is 0.259. The second kappa shape index (κ2) is 9.36. The van der Waals surface area contributed by atoms with Crippen LogP contribution < -0.4 is 5.69 Å². The first-order valence-corrected chi connectivity index (χ1v) is 11.2. The summed E-state index contributed by atoms with van der Waals surface area (Å²) in [6.07, 6.45) is 3.16. The molecule has 0 bridgehead atoms. The molecule has 0 amide bonds. The van der Waals surface area contributed by atoms with Crippen LogP contribution in [0.1, 0.15) is 58.0 Å². The van der Waals surface area contributed by atoms with E-state index in [4.69, 9.17) is 0 Å². The van der Waals surface area contributed by atoms with Crippen LogP contribution in [0.2, 0.25) is 0 Å². The van der Waals surface area contributed by atoms with Crippen molar-refractivity contribution in [2.45, 2.75) is 46.2 Å². The number of aryl methyl sites for hydroxylation is 3. The highest BCUT2D eigenvalue weighted by Crippen LogP contribution is 2.29. The zero-order chi connectivity index (χ0) is 23.5. The molecular weight excluding hydrogens is 414 g/mol. The van der Waals surface area contributed by atoms with Crippen molar-refractivity contribution in [2.24, 2.45) is 0 Å². The van der Waals surface area contributed by atoms with Gasteiger partial charge in [0, 0.05) is 43.0 Å². The molecular formula is C27H27N3O3. The molecule has 1 atom stereocenters. The Bertz CT molecular complexity index is 1380. The highest BCUT2D eigenvalue weighted by molar-refractivity contribution is 6.06. The molecule has 2 aromatic carbocycles. The Kier molecular flexibility index (Phi) is 6.36. The number of fused-ring (bicyclic) bond motifs is 1. The topological polar surface area (TPSA) is 74.0 Å². The molecule has 0 radical (unpaired) electrons. The molecule has 0 aliphatic rings. The Morgan fingerprint density at radius 1 is 0.909 bits per heavy atom. The summed E-state index contributed by atoms with van der Waals surface area (Å²) in [4.78, 5) is 43.5. The summed E-state index contributed by atoms with van der Waals surface area (Å²) in [6, 6.07) is 16.5. The van der Waals surface area contributed by atoms with Gasteiger partial charge in [0.2, 0.25) is 0 Å². The number of rotatable bonds is 8. The van der Waals surface area contributed by atoms with Crippen molar-refractivity contribution in [1.29, 1.82) is 0 Å². The molecule has 6 heteroatoms. The third-order valence-corrected chi connectivity index (χ3v) is 6.07. The van der Waals surface area contributed by atoms with Crippen LogP contribution in [0.5, 0.6) is 0 Å². The van der Waals surface area contributed by atoms with Crippen LogP contribution in [0, 0.1) is 6.92 Å². The van der Waals surface area contributed by atoms with E-state index < -0.39 is 5.92 Å². The lowest BCUT2D eigenvalue weighted by atomic mass is 9.85. The van der Waals surface area contributed by atoms with Gasteiger partial charge in [-0.05, 0) is 56.7 Å². The van der Waals surface area contributed by atoms with E-state index in [1.54, 1.807) is 33.5 Å². The third kappa shape index (κ3) is 4.29. The van der Waals surface area contributed by atoms with Gasteiger partial charge >= 0.3 is 5.69 Å². The minimum absolute atomic E-state index is 0.0226. The second-order valence-corrected chi connectivity index (χ2v) is 8.17. The van der Waals surface area contributed by atoms with Crippen molar-refractivity contribution >= 4 is 22.6 Å². The quantitative estimate of drug-likeness (QED) is 0.369. The Labute approximate surface area is 192 Å². The summed E-state index contributed by atoms with van der Waals surface area (Å²) in [5, 5.41) is 0. The van der Waals surface area contributed by atoms with Gasteiger partial charge < -0.3 is 0 Å². The van der Waals surface area contributed by atoms with Gasteiger partial charge in [0.05, 0.1) is 17.0 Å². The number of hydrogen-bond acceptors (Lipinski definition) is 4. The molecule has 4 aromatic rings. The number of carbonyl (C=O) groups excluding carboxylic acids is 2. The number of imidazole rings is 1. The van der Waals surface area contributed by atoms with Crippen molar-refractivity contribution in [2.75, 3.05) is 0 Å². The van der Waals surface area contributed by atoms with Gasteiger partial charge in [-0.25, -0.2) is 4.79 Å². The number of pyridine rings is 1. The predicted molar refractivity (Wildman–Crippen MR) is 129 cm³/mol. The number of hydrogen-bond donors (Lipinski definition) is 0. The van der Waals surface area contributed by atoms with Gasteiger partial charge in [-0.3, -0.25) is 23.7 Å². The maximum atomic E-state index is 13.6. The van der Waals surface area contributed by atoms with E-state index in [2.05, 4.69) is 4.98 Å². The predicted octanol–water partition coefficient (Wildman–Crippen LogP) is 4.79. The maximum Gasteiger partial charge on any atom is 0.329 e. The van der Waals surface area contributed by atoms with Gasteiger partial charge in [-0.15, -0.1) is 0 Å². The minimum Gasteiger partial charge on any atom is -0.294 e. The van der Waals surface area contributed by atoms with E-state index in [1.165, 1.54) is 6.20 Å². The average Bonchev–Trinajstić information content (AvgIpc) is 3.11. The summed E-state index contributed by atoms with van der Waals surface area (Å²) in [5.74, 6) is -0.932. The van der Waals surface area contributed by atoms with E-state index in [1.807, 2.05) is 57.2 Å². The van der Waals surface area contributed by atoms with Crippen molar-refractivity contribution in [1.82, 2.24) is 14.1 Å². The number of benzene rings is 2. The molecule has 2 heterocycles. The number of ketones is 2. The molecule has 0 saturated heterocycles. The molecule has 0 N–H and O–H groups in total. The number of aromatic nitrogens is 3. The van der Waals surface area contributed by atoms with Gasteiger partial charge in [0.1, 0.15) is 0 Å². The van der Waals surface area contributed by atoms with E-state index >= 15 is 0 Å². The highest BCUT2D eigenvalue weighted by atomic mass is 16.2. The Hall–Kier alpha value is -3.80. The van der Waals surface area contributed by atoms with Crippen LogP contribution in [0.25, 0.3) is 11.0 Å². The fourth-order valence-corrected chi connectivity index (χ4v) is 4.36. The molecule has 0 aliphatic heterocycles. The molecule has 0 saturated carbocycles. The van der Waals surface area contributed by atoms with Gasteiger partial charge in [0.25, 0.3) is 0 Å². The number of Topliss-reactive ketones (excluding diaryl/α,β-unsaturated/α-hetero) is 2. The fourth-order valence-electron chi connectivity index (χ4n) is 4.36. The lowest BCUT2D eigenvalue weighted by molar-refractivity contribution is 0.0893. The Morgan fingerprint density at radius 3 is 2.30 bits per heavy atom. The van der Waals surface area contributed by atoms with E-state index in [0.717, 1.165) is 22.2 Å². The summed E-state index contributed by atoms with van der Waals surface area (Å²) in [6.45, 7) is 6.88. The SMILES string of the molecule is CCn1c(=O)n(CC)c2cc(C(CC(=O)c3cccnc3)C(=O)c3cccc(C)c3)ccc21. The number of nitrogens with zero attached hydrogens (tertiary/aromatic N) is 3. The molecule has 0 fully saturated rings. The summed E-state index contributed by atoms with van der Waals surface area (Å²) in [7, 11) is 0. The Morgan fingerprint density at radius 2 is 1.64 bits per heavy atom. The molecule has 0 aliphatic carbocycles. The van der Waals surface area contributed by atoms with Crippen LogP contribution in [-0.2, 0) is 13.1 Å². The first-order valence-electron chi connectivity index (χ1n) is 11.2. The van der Waals surface area contributed by atoms with Crippen LogP contribution in [0.3, 0.4) is 0 Å². The zero-order valence-electron chi connectivity index (χ0n) is 19.1. The van der Waals surface area contributed by atoms with Crippen molar-refractivity contribution < 1.29 is 9.59 Å². The molecule has 4 rings (SSSR count). The first kappa shape index (κ1) is 22.4. The van der Waals surface area contributed by atoms with Crippen molar-refractivity contribution in [3.05, 3.63) is 99.7 Å². The Balaban J connectivity index is 1.83. The summed E-state index contributed by atoms with van der Waals surface area (Å²) in [5.41, 5.74) is 4.28. The standard InChI is InChI=1S/C27H27N3O3/c1-4-29-23-12-11-19(15-24(23)30(5-2)27(29)33)22(16-25(31)21-10-7-13-28-17-21)26(32)20-9-6-8-18(3)14-20/h6-15,17,22H,4-5,16H2,1-3H3. The lowest BCUT2D eigenvalue weighted by Crippen LogP contribution is -2.23. The lowest BCUT2D eigenvalue weighted by Gasteiger charge is -2.17. The highest BCUT2D eigenvalue weighted by Gasteiger charge is 2.27. The second-order valence-electron chi connectivity index (χ2n) is 8.17. The van der Waals surface area contributed by atoms with Crippen molar-refractivity contribution in [3.8, 4) is 0 Å². The van der Waals surface area contributed by atoms with E-state index in [0.29, 0.717) is 24.2 Å². The number of carbonyl (C=O) groups is 2. The molecule has 33 heavy (non-hydrogen) atoms. The van der Waals surface area contributed by atoms with Crippen LogP contribution in [-0.4, -0.2) is 25.7 Å². The third-order valence-electron chi connectivity index (χ3n) is 6.07. The molecule has 6 nitrogen and oxygen atoms in total. The summed E-state index contributed by atoms with van der Waals surface area (Å²) >= 11 is 0. The molecule has 0 spiro atoms. The molecule has 168 valence electrons. The van der Waals surface area contributed by atoms with Crippen molar-refractivity contribution in [3.63, 3.8) is 0 Å². The van der Waals surface area contributed by atoms with E-state index in [-0.39, 0.29) is 23.7 Å². The minimum atomic E-state index is -0.672.